The molecule has 106 valence electrons. The molecular formula is C11H17N3O4S. The van der Waals surface area contributed by atoms with Gasteiger partial charge in [-0.1, -0.05) is 0 Å². The summed E-state index contributed by atoms with van der Waals surface area (Å²) in [6.45, 7) is 2.64. The number of hydrogen-bond donors (Lipinski definition) is 2. The first-order valence-corrected chi connectivity index (χ1v) is 6.45. The number of methoxy groups -OCH3 is 2. The zero-order valence-electron chi connectivity index (χ0n) is 11.1. The van der Waals surface area contributed by atoms with E-state index in [0.29, 0.717) is 24.0 Å². The summed E-state index contributed by atoms with van der Waals surface area (Å²) < 4.78 is 9.41. The lowest BCUT2D eigenvalue weighted by Crippen LogP contribution is -2.31. The highest BCUT2D eigenvalue weighted by atomic mass is 32.1. The summed E-state index contributed by atoms with van der Waals surface area (Å²) in [5.41, 5.74) is 0.711. The number of rotatable bonds is 6. The van der Waals surface area contributed by atoms with E-state index in [0.717, 1.165) is 4.88 Å². The zero-order valence-corrected chi connectivity index (χ0v) is 11.9. The number of hydrogen-bond acceptors (Lipinski definition) is 6. The van der Waals surface area contributed by atoms with Gasteiger partial charge in [0.15, 0.2) is 5.13 Å². The molecule has 0 aliphatic heterocycles. The van der Waals surface area contributed by atoms with Crippen molar-refractivity contribution in [1.29, 1.82) is 0 Å². The average molecular weight is 287 g/mol. The van der Waals surface area contributed by atoms with Crippen LogP contribution in [-0.2, 0) is 20.7 Å². The Hall–Kier alpha value is -1.67. The number of carbonyl (C=O) groups is 2. The van der Waals surface area contributed by atoms with Gasteiger partial charge in [-0.3, -0.25) is 10.1 Å². The number of aryl methyl sites for hydroxylation is 1. The minimum atomic E-state index is -0.351. The lowest BCUT2D eigenvalue weighted by Gasteiger charge is -2.03. The number of carbonyl (C=O) groups excluding carboxylic acids is 2. The van der Waals surface area contributed by atoms with Crippen LogP contribution in [0.5, 0.6) is 0 Å². The molecule has 0 radical (unpaired) electrons. The molecule has 0 bridgehead atoms. The van der Waals surface area contributed by atoms with Crippen LogP contribution in [-0.4, -0.2) is 44.4 Å². The molecule has 1 aromatic rings. The minimum absolute atomic E-state index is 0.160. The average Bonchev–Trinajstić information content (AvgIpc) is 2.69. The Bertz CT molecular complexity index is 447. The minimum Gasteiger partial charge on any atom is -0.469 e. The number of urea groups is 1. The fraction of sp³-hybridized carbons (Fsp3) is 0.545. The van der Waals surface area contributed by atoms with Gasteiger partial charge >= 0.3 is 12.0 Å². The number of thiazole rings is 1. The van der Waals surface area contributed by atoms with Gasteiger partial charge in [-0.05, 0) is 6.92 Å². The van der Waals surface area contributed by atoms with Crippen molar-refractivity contribution >= 4 is 28.5 Å². The Morgan fingerprint density at radius 2 is 2.11 bits per heavy atom. The second-order valence-corrected chi connectivity index (χ2v) is 4.74. The molecule has 0 unspecified atom stereocenters. The first kappa shape index (κ1) is 15.4. The second-order valence-electron chi connectivity index (χ2n) is 3.65. The third kappa shape index (κ3) is 5.23. The van der Waals surface area contributed by atoms with E-state index in [1.807, 2.05) is 0 Å². The quantitative estimate of drug-likeness (QED) is 0.600. The van der Waals surface area contributed by atoms with Crippen molar-refractivity contribution < 1.29 is 19.1 Å². The Morgan fingerprint density at radius 3 is 2.74 bits per heavy atom. The van der Waals surface area contributed by atoms with Crippen molar-refractivity contribution in [2.45, 2.75) is 13.3 Å². The van der Waals surface area contributed by atoms with E-state index < -0.39 is 0 Å². The molecule has 0 aliphatic rings. The summed E-state index contributed by atoms with van der Waals surface area (Å²) in [5.74, 6) is -0.331. The van der Waals surface area contributed by atoms with Gasteiger partial charge in [0, 0.05) is 18.5 Å². The third-order valence-corrected chi connectivity index (χ3v) is 3.31. The highest BCUT2D eigenvalue weighted by Gasteiger charge is 2.13. The number of amides is 2. The van der Waals surface area contributed by atoms with E-state index >= 15 is 0 Å². The fourth-order valence-corrected chi connectivity index (χ4v) is 2.20. The van der Waals surface area contributed by atoms with E-state index in [1.54, 1.807) is 14.0 Å². The Balaban J connectivity index is 2.53. The highest BCUT2D eigenvalue weighted by Crippen LogP contribution is 2.23. The van der Waals surface area contributed by atoms with Gasteiger partial charge in [0.05, 0.1) is 25.8 Å². The number of esters is 1. The molecule has 1 aromatic heterocycles. The summed E-state index contributed by atoms with van der Waals surface area (Å²) in [5, 5.41) is 5.67. The predicted molar refractivity (Wildman–Crippen MR) is 71.5 cm³/mol. The first-order chi connectivity index (χ1) is 9.06. The van der Waals surface area contributed by atoms with Crippen molar-refractivity contribution in [3.63, 3.8) is 0 Å². The van der Waals surface area contributed by atoms with Crippen molar-refractivity contribution in [3.05, 3.63) is 10.6 Å². The van der Waals surface area contributed by atoms with E-state index in [9.17, 15) is 9.59 Å². The molecule has 0 aromatic carbocycles. The van der Waals surface area contributed by atoms with Gasteiger partial charge in [-0.15, -0.1) is 11.3 Å². The van der Waals surface area contributed by atoms with Gasteiger partial charge in [0.2, 0.25) is 0 Å². The maximum absolute atomic E-state index is 11.5. The maximum Gasteiger partial charge on any atom is 0.321 e. The lowest BCUT2D eigenvalue weighted by atomic mass is 10.3. The third-order valence-electron chi connectivity index (χ3n) is 2.24. The molecule has 0 aliphatic carbocycles. The van der Waals surface area contributed by atoms with Crippen molar-refractivity contribution in [2.24, 2.45) is 0 Å². The molecule has 19 heavy (non-hydrogen) atoms. The topological polar surface area (TPSA) is 89.5 Å². The van der Waals surface area contributed by atoms with Gasteiger partial charge in [-0.2, -0.15) is 0 Å². The predicted octanol–water partition coefficient (Wildman–Crippen LogP) is 0.935. The second kappa shape index (κ2) is 7.70. The van der Waals surface area contributed by atoms with Gasteiger partial charge in [-0.25, -0.2) is 9.78 Å². The SMILES string of the molecule is COCCNC(=O)Nc1nc(C)c(CC(=O)OC)s1. The summed E-state index contributed by atoms with van der Waals surface area (Å²) in [7, 11) is 2.89. The smallest absolute Gasteiger partial charge is 0.321 e. The number of anilines is 1. The molecule has 0 atom stereocenters. The molecular weight excluding hydrogens is 270 g/mol. The summed E-state index contributed by atoms with van der Waals surface area (Å²) in [6, 6.07) is -0.351. The Morgan fingerprint density at radius 1 is 1.37 bits per heavy atom. The van der Waals surface area contributed by atoms with Gasteiger partial charge in [0.25, 0.3) is 0 Å². The van der Waals surface area contributed by atoms with Crippen LogP contribution < -0.4 is 10.6 Å². The first-order valence-electron chi connectivity index (χ1n) is 5.63. The van der Waals surface area contributed by atoms with Crippen molar-refractivity contribution in [3.8, 4) is 0 Å². The summed E-state index contributed by atoms with van der Waals surface area (Å²) in [6.07, 6.45) is 0.160. The molecule has 0 spiro atoms. The zero-order chi connectivity index (χ0) is 14.3. The van der Waals surface area contributed by atoms with Crippen LogP contribution in [0.1, 0.15) is 10.6 Å². The molecule has 1 heterocycles. The van der Waals surface area contributed by atoms with Crippen molar-refractivity contribution in [2.75, 3.05) is 32.7 Å². The van der Waals surface area contributed by atoms with Crippen LogP contribution >= 0.6 is 11.3 Å². The van der Waals surface area contributed by atoms with E-state index in [1.165, 1.54) is 18.4 Å². The lowest BCUT2D eigenvalue weighted by molar-refractivity contribution is -0.139. The highest BCUT2D eigenvalue weighted by molar-refractivity contribution is 7.16. The van der Waals surface area contributed by atoms with Crippen LogP contribution in [0, 0.1) is 6.92 Å². The molecule has 1 rings (SSSR count). The number of nitrogens with one attached hydrogen (secondary N) is 2. The molecule has 0 fully saturated rings. The maximum atomic E-state index is 11.5. The largest absolute Gasteiger partial charge is 0.469 e. The monoisotopic (exact) mass is 287 g/mol. The van der Waals surface area contributed by atoms with Crippen LogP contribution in [0.2, 0.25) is 0 Å². The van der Waals surface area contributed by atoms with Crippen LogP contribution in [0.3, 0.4) is 0 Å². The Kier molecular flexibility index (Phi) is 6.23. The summed E-state index contributed by atoms with van der Waals surface area (Å²) in [4.78, 5) is 27.6. The van der Waals surface area contributed by atoms with Gasteiger partial charge < -0.3 is 14.8 Å². The molecule has 0 saturated heterocycles. The van der Waals surface area contributed by atoms with Crippen LogP contribution in [0.4, 0.5) is 9.93 Å². The van der Waals surface area contributed by atoms with Crippen LogP contribution in [0.25, 0.3) is 0 Å². The Labute approximate surface area is 115 Å². The van der Waals surface area contributed by atoms with Gasteiger partial charge in [0.1, 0.15) is 0 Å². The fourth-order valence-electron chi connectivity index (χ4n) is 1.26. The van der Waals surface area contributed by atoms with E-state index in [2.05, 4.69) is 20.4 Å². The molecule has 7 nitrogen and oxygen atoms in total. The molecule has 0 saturated carbocycles. The van der Waals surface area contributed by atoms with Crippen molar-refractivity contribution in [1.82, 2.24) is 10.3 Å². The normalized spacial score (nSPS) is 10.1. The van der Waals surface area contributed by atoms with E-state index in [4.69, 9.17) is 4.74 Å². The number of aromatic nitrogens is 1. The molecule has 2 N–H and O–H groups in total. The summed E-state index contributed by atoms with van der Waals surface area (Å²) >= 11 is 1.26. The molecule has 2 amide bonds. The van der Waals surface area contributed by atoms with Crippen LogP contribution in [0.15, 0.2) is 0 Å². The standard InChI is InChI=1S/C11H17N3O4S/c1-7-8(6-9(15)18-3)19-11(13-7)14-10(16)12-4-5-17-2/h4-6H2,1-3H3,(H2,12,13,14,16). The number of nitrogens with zero attached hydrogens (tertiary/aromatic N) is 1. The van der Waals surface area contributed by atoms with E-state index in [-0.39, 0.29) is 18.4 Å². The number of ether oxygens (including phenoxy) is 2. The molecule has 8 heteroatoms.